The van der Waals surface area contributed by atoms with Crippen LogP contribution in [0, 0.1) is 0 Å². The number of rotatable bonds is 6. The standard InChI is InChI=1S/C21H29ClN2O4/c1-21(2)11-16(6-8-28-21)24-15(3-4-20(24)25)5-7-23-12-14-9-18-19(10-17(14)22)27-13-26-18/h9-10,15-16,23H,3-8,11-13H2,1-2H3/t15-,16+/m1/s1. The highest BCUT2D eigenvalue weighted by Crippen LogP contribution is 2.37. The summed E-state index contributed by atoms with van der Waals surface area (Å²) in [6, 6.07) is 4.36. The molecule has 1 aromatic rings. The fourth-order valence-electron chi connectivity index (χ4n) is 4.57. The largest absolute Gasteiger partial charge is 0.454 e. The number of hydrogen-bond donors (Lipinski definition) is 1. The summed E-state index contributed by atoms with van der Waals surface area (Å²) in [5, 5.41) is 4.15. The van der Waals surface area contributed by atoms with Gasteiger partial charge in [0.25, 0.3) is 0 Å². The summed E-state index contributed by atoms with van der Waals surface area (Å²) >= 11 is 6.34. The maximum absolute atomic E-state index is 12.5. The van der Waals surface area contributed by atoms with Crippen molar-refractivity contribution in [2.75, 3.05) is 19.9 Å². The molecule has 3 aliphatic rings. The third-order valence-electron chi connectivity index (χ3n) is 5.95. The van der Waals surface area contributed by atoms with Gasteiger partial charge in [0.1, 0.15) is 0 Å². The zero-order chi connectivity index (χ0) is 19.7. The van der Waals surface area contributed by atoms with Crippen molar-refractivity contribution >= 4 is 17.5 Å². The van der Waals surface area contributed by atoms with Crippen LogP contribution in [0.25, 0.3) is 0 Å². The second kappa shape index (κ2) is 8.09. The number of carbonyl (C=O) groups excluding carboxylic acids is 1. The first-order valence-corrected chi connectivity index (χ1v) is 10.5. The van der Waals surface area contributed by atoms with E-state index in [1.165, 1.54) is 0 Å². The summed E-state index contributed by atoms with van der Waals surface area (Å²) in [4.78, 5) is 14.7. The van der Waals surface area contributed by atoms with E-state index >= 15 is 0 Å². The molecule has 4 rings (SSSR count). The number of fused-ring (bicyclic) bond motifs is 1. The van der Waals surface area contributed by atoms with Gasteiger partial charge in [-0.05, 0) is 57.7 Å². The predicted octanol–water partition coefficient (Wildman–Crippen LogP) is 3.50. The maximum Gasteiger partial charge on any atom is 0.231 e. The van der Waals surface area contributed by atoms with Crippen molar-refractivity contribution in [3.63, 3.8) is 0 Å². The van der Waals surface area contributed by atoms with E-state index in [1.807, 2.05) is 12.1 Å². The minimum Gasteiger partial charge on any atom is -0.454 e. The fourth-order valence-corrected chi connectivity index (χ4v) is 4.79. The van der Waals surface area contributed by atoms with Crippen LogP contribution in [-0.2, 0) is 16.1 Å². The third kappa shape index (κ3) is 4.24. The number of nitrogens with zero attached hydrogens (tertiary/aromatic N) is 1. The number of likely N-dealkylation sites (tertiary alicyclic amines) is 1. The molecule has 0 bridgehead atoms. The Bertz CT molecular complexity index is 739. The van der Waals surface area contributed by atoms with E-state index in [9.17, 15) is 4.79 Å². The van der Waals surface area contributed by atoms with Gasteiger partial charge < -0.3 is 24.4 Å². The molecule has 0 saturated carbocycles. The molecule has 0 aromatic heterocycles. The summed E-state index contributed by atoms with van der Waals surface area (Å²) in [5.74, 6) is 1.75. The zero-order valence-corrected chi connectivity index (χ0v) is 17.4. The molecule has 3 aliphatic heterocycles. The molecule has 1 amide bonds. The van der Waals surface area contributed by atoms with Crippen molar-refractivity contribution in [1.82, 2.24) is 10.2 Å². The Balaban J connectivity index is 1.30. The molecule has 0 aliphatic carbocycles. The van der Waals surface area contributed by atoms with E-state index < -0.39 is 0 Å². The predicted molar refractivity (Wildman–Crippen MR) is 107 cm³/mol. The average molecular weight is 409 g/mol. The smallest absolute Gasteiger partial charge is 0.231 e. The molecular formula is C21H29ClN2O4. The lowest BCUT2D eigenvalue weighted by Gasteiger charge is -2.42. The highest BCUT2D eigenvalue weighted by atomic mass is 35.5. The van der Waals surface area contributed by atoms with Gasteiger partial charge >= 0.3 is 0 Å². The van der Waals surface area contributed by atoms with Crippen LogP contribution in [0.4, 0.5) is 0 Å². The fraction of sp³-hybridized carbons (Fsp3) is 0.667. The molecule has 3 heterocycles. The average Bonchev–Trinajstić information content (AvgIpc) is 3.23. The summed E-state index contributed by atoms with van der Waals surface area (Å²) in [5.41, 5.74) is 0.849. The minimum absolute atomic E-state index is 0.148. The number of halogens is 1. The van der Waals surface area contributed by atoms with Crippen LogP contribution in [0.3, 0.4) is 0 Å². The number of benzene rings is 1. The lowest BCUT2D eigenvalue weighted by Crippen LogP contribution is -2.49. The molecule has 154 valence electrons. The maximum atomic E-state index is 12.5. The molecule has 0 radical (unpaired) electrons. The molecule has 0 unspecified atom stereocenters. The van der Waals surface area contributed by atoms with E-state index in [2.05, 4.69) is 24.1 Å². The van der Waals surface area contributed by atoms with Crippen LogP contribution in [-0.4, -0.2) is 48.4 Å². The van der Waals surface area contributed by atoms with Gasteiger partial charge in [0.15, 0.2) is 11.5 Å². The molecule has 6 nitrogen and oxygen atoms in total. The Hall–Kier alpha value is -1.50. The summed E-state index contributed by atoms with van der Waals surface area (Å²) in [6.45, 7) is 6.72. The van der Waals surface area contributed by atoms with Crippen molar-refractivity contribution in [3.8, 4) is 11.5 Å². The number of amides is 1. The van der Waals surface area contributed by atoms with Crippen molar-refractivity contribution in [2.24, 2.45) is 0 Å². The Labute approximate surface area is 171 Å². The first-order chi connectivity index (χ1) is 13.4. The first-order valence-electron chi connectivity index (χ1n) is 10.2. The van der Waals surface area contributed by atoms with Gasteiger partial charge in [-0.1, -0.05) is 11.6 Å². The van der Waals surface area contributed by atoms with Gasteiger partial charge in [0.2, 0.25) is 12.7 Å². The van der Waals surface area contributed by atoms with E-state index in [0.29, 0.717) is 41.7 Å². The molecule has 28 heavy (non-hydrogen) atoms. The Morgan fingerprint density at radius 1 is 1.25 bits per heavy atom. The van der Waals surface area contributed by atoms with Crippen molar-refractivity contribution in [3.05, 3.63) is 22.7 Å². The first kappa shape index (κ1) is 19.8. The van der Waals surface area contributed by atoms with Gasteiger partial charge in [-0.3, -0.25) is 4.79 Å². The van der Waals surface area contributed by atoms with Crippen molar-refractivity contribution < 1.29 is 19.0 Å². The highest BCUT2D eigenvalue weighted by Gasteiger charge is 2.40. The lowest BCUT2D eigenvalue weighted by molar-refractivity contribution is -0.138. The summed E-state index contributed by atoms with van der Waals surface area (Å²) in [7, 11) is 0. The normalized spacial score (nSPS) is 26.1. The molecule has 1 aromatic carbocycles. The van der Waals surface area contributed by atoms with Crippen LogP contribution >= 0.6 is 11.6 Å². The lowest BCUT2D eigenvalue weighted by atomic mass is 9.92. The number of ether oxygens (including phenoxy) is 3. The van der Waals surface area contributed by atoms with Gasteiger partial charge in [-0.25, -0.2) is 0 Å². The van der Waals surface area contributed by atoms with Crippen LogP contribution < -0.4 is 14.8 Å². The van der Waals surface area contributed by atoms with Crippen LogP contribution in [0.5, 0.6) is 11.5 Å². The second-order valence-corrected chi connectivity index (χ2v) is 8.92. The number of nitrogens with one attached hydrogen (secondary N) is 1. The van der Waals surface area contributed by atoms with Crippen molar-refractivity contribution in [2.45, 2.75) is 70.2 Å². The number of carbonyl (C=O) groups is 1. The summed E-state index contributed by atoms with van der Waals surface area (Å²) in [6.07, 6.45) is 4.41. The van der Waals surface area contributed by atoms with Gasteiger partial charge in [-0.2, -0.15) is 0 Å². The molecular weight excluding hydrogens is 380 g/mol. The van der Waals surface area contributed by atoms with E-state index in [-0.39, 0.29) is 12.4 Å². The topological polar surface area (TPSA) is 60.0 Å². The van der Waals surface area contributed by atoms with Gasteiger partial charge in [0.05, 0.1) is 5.60 Å². The Morgan fingerprint density at radius 2 is 2.04 bits per heavy atom. The minimum atomic E-state index is -0.148. The van der Waals surface area contributed by atoms with Gasteiger partial charge in [-0.15, -0.1) is 0 Å². The summed E-state index contributed by atoms with van der Waals surface area (Å²) < 4.78 is 16.6. The zero-order valence-electron chi connectivity index (χ0n) is 16.6. The third-order valence-corrected chi connectivity index (χ3v) is 6.30. The molecule has 0 spiro atoms. The number of hydrogen-bond acceptors (Lipinski definition) is 5. The van der Waals surface area contributed by atoms with Gasteiger partial charge in [0, 0.05) is 42.7 Å². The highest BCUT2D eigenvalue weighted by molar-refractivity contribution is 6.31. The molecule has 2 fully saturated rings. The molecule has 7 heteroatoms. The van der Waals surface area contributed by atoms with Crippen molar-refractivity contribution in [1.29, 1.82) is 0 Å². The Kier molecular flexibility index (Phi) is 5.72. The quantitative estimate of drug-likeness (QED) is 0.730. The molecule has 1 N–H and O–H groups in total. The molecule has 2 saturated heterocycles. The second-order valence-electron chi connectivity index (χ2n) is 8.51. The SMILES string of the molecule is CC1(C)C[C@@H](N2C(=O)CC[C@@H]2CCNCc2cc3c(cc2Cl)OCO3)CCO1. The Morgan fingerprint density at radius 3 is 2.82 bits per heavy atom. The van der Waals surface area contributed by atoms with Crippen LogP contribution in [0.15, 0.2) is 12.1 Å². The monoisotopic (exact) mass is 408 g/mol. The molecule has 2 atom stereocenters. The van der Waals surface area contributed by atoms with E-state index in [4.69, 9.17) is 25.8 Å². The van der Waals surface area contributed by atoms with E-state index in [0.717, 1.165) is 50.1 Å². The van der Waals surface area contributed by atoms with Crippen LogP contribution in [0.1, 0.15) is 51.5 Å². The van der Waals surface area contributed by atoms with E-state index in [1.54, 1.807) is 0 Å². The van der Waals surface area contributed by atoms with Crippen LogP contribution in [0.2, 0.25) is 5.02 Å².